The number of ether oxygens (including phenoxy) is 1. The van der Waals surface area contributed by atoms with Crippen LogP contribution in [-0.2, 0) is 20.9 Å². The number of carbonyl (C=O) groups excluding carboxylic acids is 3. The van der Waals surface area contributed by atoms with E-state index in [1.807, 2.05) is 30.3 Å². The molecule has 0 atom stereocenters. The molecule has 0 fully saturated rings. The Labute approximate surface area is 324 Å². The summed E-state index contributed by atoms with van der Waals surface area (Å²) in [6.07, 6.45) is -1.20. The molecule has 268 valence electrons. The molecule has 0 N–H and O–H groups in total. The first-order valence-electron chi connectivity index (χ1n) is 17.2. The highest BCUT2D eigenvalue weighted by Crippen LogP contribution is 2.50. The first-order valence-corrected chi connectivity index (χ1v) is 18.8. The molecule has 10 nitrogen and oxygen atoms in total. The number of amides is 3. The minimum atomic E-state index is -1.20. The molecule has 3 amide bonds. The van der Waals surface area contributed by atoms with Crippen LogP contribution in [0, 0.1) is 25.2 Å². The number of imide groups is 3. The Bertz CT molecular complexity index is 2720. The lowest BCUT2D eigenvalue weighted by Crippen LogP contribution is -2.50. The molecule has 12 heteroatoms. The van der Waals surface area contributed by atoms with Crippen LogP contribution in [0.4, 0.5) is 26.9 Å². The summed E-state index contributed by atoms with van der Waals surface area (Å²) in [5, 5.41) is 13.0. The zero-order valence-corrected chi connectivity index (χ0v) is 31.4. The van der Waals surface area contributed by atoms with Crippen molar-refractivity contribution in [3.63, 3.8) is 0 Å². The van der Waals surface area contributed by atoms with Gasteiger partial charge in [-0.3, -0.25) is 9.59 Å². The zero-order chi connectivity index (χ0) is 38.2. The van der Waals surface area contributed by atoms with Crippen molar-refractivity contribution < 1.29 is 19.1 Å². The quantitative estimate of drug-likeness (QED) is 0.147. The van der Waals surface area contributed by atoms with Gasteiger partial charge in [0.05, 0.1) is 17.4 Å². The molecule has 0 saturated carbocycles. The first kappa shape index (κ1) is 35.2. The minimum Gasteiger partial charge on any atom is -0.444 e. The van der Waals surface area contributed by atoms with Gasteiger partial charge in [0.15, 0.2) is 0 Å². The number of aromatic nitrogens is 2. The largest absolute Gasteiger partial charge is 0.444 e. The highest BCUT2D eigenvalue weighted by Gasteiger charge is 2.42. The number of nitrogens with zero attached hydrogens (tertiary/aromatic N) is 6. The number of carbonyl (C=O) groups is 3. The average molecular weight is 759 g/mol. The van der Waals surface area contributed by atoms with Gasteiger partial charge >= 0.3 is 6.09 Å². The van der Waals surface area contributed by atoms with Gasteiger partial charge in [0, 0.05) is 38.2 Å². The van der Waals surface area contributed by atoms with Crippen LogP contribution in [0.1, 0.15) is 23.6 Å². The van der Waals surface area contributed by atoms with Crippen molar-refractivity contribution in [3.05, 3.63) is 143 Å². The van der Waals surface area contributed by atoms with Gasteiger partial charge in [-0.2, -0.15) is 18.9 Å². The topological polar surface area (TPSA) is 129 Å². The Morgan fingerprint density at radius 2 is 1.40 bits per heavy atom. The lowest BCUT2D eigenvalue weighted by Gasteiger charge is -2.24. The summed E-state index contributed by atoms with van der Waals surface area (Å²) in [7, 11) is 0. The summed E-state index contributed by atoms with van der Waals surface area (Å²) < 4.78 is 14.6. The maximum atomic E-state index is 13.8. The summed E-state index contributed by atoms with van der Waals surface area (Å²) in [6.45, 7) is 5.42. The number of anilines is 3. The monoisotopic (exact) mass is 758 g/mol. The molecule has 55 heavy (non-hydrogen) atoms. The van der Waals surface area contributed by atoms with Crippen molar-refractivity contribution in [2.45, 2.75) is 27.4 Å². The number of nitriles is 1. The van der Waals surface area contributed by atoms with Gasteiger partial charge < -0.3 is 9.64 Å². The Morgan fingerprint density at radius 1 is 0.782 bits per heavy atom. The minimum absolute atomic E-state index is 0.0474. The fraction of sp³-hybridized carbons (Fsp3) is 0.0930. The predicted molar refractivity (Wildman–Crippen MR) is 216 cm³/mol. The lowest BCUT2D eigenvalue weighted by atomic mass is 9.99. The van der Waals surface area contributed by atoms with Crippen LogP contribution < -0.4 is 4.90 Å². The van der Waals surface area contributed by atoms with Gasteiger partial charge in [0.1, 0.15) is 40.0 Å². The molecule has 0 bridgehead atoms. The van der Waals surface area contributed by atoms with Gasteiger partial charge in [-0.1, -0.05) is 90.0 Å². The van der Waals surface area contributed by atoms with Crippen LogP contribution in [-0.4, -0.2) is 37.3 Å². The molecule has 0 saturated heterocycles. The molecule has 0 radical (unpaired) electrons. The highest BCUT2D eigenvalue weighted by atomic mass is 32.1. The first-order chi connectivity index (χ1) is 26.7. The van der Waals surface area contributed by atoms with Gasteiger partial charge in [0.25, 0.3) is 11.8 Å². The van der Waals surface area contributed by atoms with Crippen molar-refractivity contribution in [1.29, 1.82) is 5.26 Å². The molecule has 0 aliphatic carbocycles. The van der Waals surface area contributed by atoms with E-state index in [4.69, 9.17) is 4.74 Å². The second-order valence-corrected chi connectivity index (χ2v) is 14.5. The second-order valence-electron chi connectivity index (χ2n) is 12.9. The van der Waals surface area contributed by atoms with Crippen LogP contribution in [0.15, 0.2) is 131 Å². The number of benzene rings is 5. The maximum Gasteiger partial charge on any atom is 0.424 e. The van der Waals surface area contributed by atoms with E-state index in [0.717, 1.165) is 60.4 Å². The van der Waals surface area contributed by atoms with Crippen LogP contribution in [0.5, 0.6) is 0 Å². The van der Waals surface area contributed by atoms with Crippen molar-refractivity contribution in [1.82, 2.24) is 13.6 Å². The summed E-state index contributed by atoms with van der Waals surface area (Å²) in [6, 6.07) is 39.5. The number of rotatable bonds is 7. The van der Waals surface area contributed by atoms with Crippen molar-refractivity contribution >= 4 is 90.6 Å². The van der Waals surface area contributed by atoms with E-state index in [0.29, 0.717) is 27.2 Å². The molecular weight excluding hydrogens is 729 g/mol. The second kappa shape index (κ2) is 14.5. The normalized spacial score (nSPS) is 13.9. The molecule has 7 aromatic rings. The third-order valence-corrected chi connectivity index (χ3v) is 11.1. The fourth-order valence-electron chi connectivity index (χ4n) is 6.42. The summed E-state index contributed by atoms with van der Waals surface area (Å²) in [4.78, 5) is 48.4. The summed E-state index contributed by atoms with van der Waals surface area (Å²) >= 11 is 2.64. The molecule has 8 rings (SSSR count). The average Bonchev–Trinajstić information content (AvgIpc) is 3.84. The third kappa shape index (κ3) is 6.45. The number of aliphatic imine (C=N–C) groups is 1. The molecule has 2 aromatic heterocycles. The summed E-state index contributed by atoms with van der Waals surface area (Å²) in [5.41, 5.74) is 6.57. The molecule has 1 aliphatic rings. The Morgan fingerprint density at radius 3 is 2.05 bits per heavy atom. The van der Waals surface area contributed by atoms with Crippen molar-refractivity contribution in [2.24, 2.45) is 4.99 Å². The lowest BCUT2D eigenvalue weighted by molar-refractivity contribution is -0.136. The van der Waals surface area contributed by atoms with Gasteiger partial charge in [-0.05, 0) is 62.7 Å². The fourth-order valence-corrected chi connectivity index (χ4v) is 8.34. The molecule has 3 heterocycles. The van der Waals surface area contributed by atoms with E-state index in [1.165, 1.54) is 6.92 Å². The van der Waals surface area contributed by atoms with Gasteiger partial charge in [-0.15, -0.1) is 11.3 Å². The van der Waals surface area contributed by atoms with Gasteiger partial charge in [0.2, 0.25) is 0 Å². The van der Waals surface area contributed by atoms with E-state index in [2.05, 4.69) is 93.2 Å². The van der Waals surface area contributed by atoms with Crippen LogP contribution in [0.2, 0.25) is 0 Å². The Hall–Kier alpha value is -6.81. The van der Waals surface area contributed by atoms with Crippen molar-refractivity contribution in [3.8, 4) is 16.5 Å². The number of hydrogen-bond acceptors (Lipinski definition) is 11. The Balaban J connectivity index is 1.22. The smallest absolute Gasteiger partial charge is 0.424 e. The van der Waals surface area contributed by atoms with Crippen LogP contribution in [0.3, 0.4) is 0 Å². The number of aryl methyl sites for hydroxylation is 2. The summed E-state index contributed by atoms with van der Waals surface area (Å²) in [5.74, 6) is -2.07. The van der Waals surface area contributed by atoms with E-state index in [9.17, 15) is 19.6 Å². The molecule has 0 spiro atoms. The van der Waals surface area contributed by atoms with E-state index < -0.39 is 17.9 Å². The molecule has 5 aromatic carbocycles. The molecule has 1 aliphatic heterocycles. The van der Waals surface area contributed by atoms with Crippen LogP contribution >= 0.6 is 23.1 Å². The van der Waals surface area contributed by atoms with Crippen molar-refractivity contribution in [2.75, 3.05) is 4.90 Å². The number of thiophene rings is 1. The zero-order valence-electron chi connectivity index (χ0n) is 29.8. The van der Waals surface area contributed by atoms with E-state index >= 15 is 0 Å². The van der Waals surface area contributed by atoms with E-state index in [-0.39, 0.29) is 23.5 Å². The third-order valence-electron chi connectivity index (χ3n) is 9.31. The Kier molecular flexibility index (Phi) is 9.32. The van der Waals surface area contributed by atoms with E-state index in [1.54, 1.807) is 41.7 Å². The SMILES string of the molecule is CC1=C(C#N)C(=O)N(C(=O)OCc2ccccc2)C(=O)C1=Nc1ccc(-c2sc(N(c3ccc(C)cc3)c3ccc(C)cc3)c3ccccc23)c2nsnc12. The number of fused-ring (bicyclic) bond motifs is 2. The number of hydrogen-bond donors (Lipinski definition) is 0. The van der Waals surface area contributed by atoms with Crippen LogP contribution in [0.25, 0.3) is 32.2 Å². The maximum absolute atomic E-state index is 13.8. The standard InChI is InChI=1S/C43H30N6O4S2/c1-25-13-17-29(18-14-25)48(30-19-15-26(2)16-20-30)42-32-12-8-7-11-31(32)39(54-42)33-21-22-35(38-37(33)46-55-47-38)45-36-27(3)34(23-44)40(50)49(41(36)51)43(52)53-24-28-9-5-4-6-10-28/h4-22H,24H2,1-3H3. The highest BCUT2D eigenvalue weighted by molar-refractivity contribution is 7.21. The predicted octanol–water partition coefficient (Wildman–Crippen LogP) is 10.3. The van der Waals surface area contributed by atoms with Gasteiger partial charge in [-0.25, -0.2) is 9.79 Å². The molecular formula is C43H30N6O4S2. The molecule has 0 unspecified atom stereocenters.